The van der Waals surface area contributed by atoms with Gasteiger partial charge in [0, 0.05) is 5.69 Å². The highest BCUT2D eigenvalue weighted by Crippen LogP contribution is 2.29. The summed E-state index contributed by atoms with van der Waals surface area (Å²) in [6.07, 6.45) is -4.47. The van der Waals surface area contributed by atoms with Gasteiger partial charge in [0.15, 0.2) is 0 Å². The molecule has 1 amide bonds. The van der Waals surface area contributed by atoms with Crippen molar-refractivity contribution in [1.82, 2.24) is 4.72 Å². The number of alkyl halides is 3. The number of anilines is 1. The normalized spacial score (nSPS) is 12.6. The molecule has 2 N–H and O–H groups in total. The molecule has 2 rings (SSSR count). The zero-order valence-electron chi connectivity index (χ0n) is 15.6. The van der Waals surface area contributed by atoms with Crippen LogP contribution in [0.1, 0.15) is 31.9 Å². The number of benzene rings is 2. The van der Waals surface area contributed by atoms with Gasteiger partial charge in [-0.1, -0.05) is 32.9 Å². The Labute approximate surface area is 162 Å². The van der Waals surface area contributed by atoms with Crippen molar-refractivity contribution >= 4 is 21.6 Å². The third-order valence-electron chi connectivity index (χ3n) is 3.95. The van der Waals surface area contributed by atoms with Gasteiger partial charge in [-0.3, -0.25) is 4.79 Å². The van der Waals surface area contributed by atoms with E-state index in [1.807, 2.05) is 20.8 Å². The Kier molecular flexibility index (Phi) is 6.20. The quantitative estimate of drug-likeness (QED) is 0.779. The second-order valence-corrected chi connectivity index (χ2v) is 8.99. The minimum absolute atomic E-state index is 0.0165. The van der Waals surface area contributed by atoms with E-state index in [-0.39, 0.29) is 16.0 Å². The number of hydrogen-bond acceptors (Lipinski definition) is 3. The molecular weight excluding hydrogens is 393 g/mol. The van der Waals surface area contributed by atoms with E-state index in [0.717, 1.165) is 29.8 Å². The summed E-state index contributed by atoms with van der Waals surface area (Å²) in [7, 11) is -3.90. The van der Waals surface area contributed by atoms with Gasteiger partial charge < -0.3 is 5.32 Å². The Bertz CT molecular complexity index is 930. The summed E-state index contributed by atoms with van der Waals surface area (Å²) in [6.45, 7) is 5.45. The van der Waals surface area contributed by atoms with Gasteiger partial charge in [-0.05, 0) is 47.4 Å². The number of amides is 1. The fourth-order valence-corrected chi connectivity index (χ4v) is 3.31. The van der Waals surface area contributed by atoms with Crippen molar-refractivity contribution in [3.8, 4) is 0 Å². The van der Waals surface area contributed by atoms with Gasteiger partial charge in [-0.15, -0.1) is 0 Å². The van der Waals surface area contributed by atoms with Crippen molar-refractivity contribution in [1.29, 1.82) is 0 Å². The molecule has 0 aromatic heterocycles. The Hall–Kier alpha value is -2.39. The van der Waals surface area contributed by atoms with E-state index in [0.29, 0.717) is 0 Å². The number of hydrogen-bond donors (Lipinski definition) is 2. The molecule has 0 aliphatic rings. The first-order chi connectivity index (χ1) is 12.8. The number of rotatable bonds is 5. The van der Waals surface area contributed by atoms with Crippen molar-refractivity contribution in [3.05, 3.63) is 59.7 Å². The third kappa shape index (κ3) is 5.80. The lowest BCUT2D eigenvalue weighted by molar-refractivity contribution is -0.137. The van der Waals surface area contributed by atoms with Crippen LogP contribution < -0.4 is 10.0 Å². The SMILES string of the molecule is CC(C)(C)c1ccc(S(=O)(=O)NCC(=O)Nc2ccc(C(F)(F)F)cc2)cc1. The van der Waals surface area contributed by atoms with E-state index in [9.17, 15) is 26.4 Å². The van der Waals surface area contributed by atoms with Crippen molar-refractivity contribution in [2.75, 3.05) is 11.9 Å². The second kappa shape index (κ2) is 7.92. The maximum absolute atomic E-state index is 12.5. The molecule has 0 aliphatic carbocycles. The molecule has 0 bridgehead atoms. The van der Waals surface area contributed by atoms with E-state index in [2.05, 4.69) is 10.0 Å². The first-order valence-corrected chi connectivity index (χ1v) is 9.85. The third-order valence-corrected chi connectivity index (χ3v) is 5.37. The maximum atomic E-state index is 12.5. The summed E-state index contributed by atoms with van der Waals surface area (Å²) in [5, 5.41) is 2.34. The highest BCUT2D eigenvalue weighted by atomic mass is 32.2. The summed E-state index contributed by atoms with van der Waals surface area (Å²) in [5.74, 6) is -0.699. The lowest BCUT2D eigenvalue weighted by atomic mass is 9.87. The average Bonchev–Trinajstić information content (AvgIpc) is 2.59. The molecule has 0 saturated carbocycles. The predicted molar refractivity (Wildman–Crippen MR) is 100 cm³/mol. The number of sulfonamides is 1. The first kappa shape index (κ1) is 21.9. The Morgan fingerprint density at radius 2 is 1.39 bits per heavy atom. The molecule has 5 nitrogen and oxygen atoms in total. The number of nitrogens with one attached hydrogen (secondary N) is 2. The molecule has 2 aromatic carbocycles. The van der Waals surface area contributed by atoms with E-state index >= 15 is 0 Å². The van der Waals surface area contributed by atoms with E-state index in [1.165, 1.54) is 12.1 Å². The standard InChI is InChI=1S/C19H21F3N2O3S/c1-18(2,3)13-6-10-16(11-7-13)28(26,27)23-12-17(25)24-15-8-4-14(5-9-15)19(20,21)22/h4-11,23H,12H2,1-3H3,(H,24,25). The van der Waals surface area contributed by atoms with Crippen LogP contribution >= 0.6 is 0 Å². The summed E-state index contributed by atoms with van der Waals surface area (Å²) < 4.78 is 64.3. The molecule has 152 valence electrons. The molecule has 2 aromatic rings. The zero-order chi connectivity index (χ0) is 21.2. The molecule has 0 spiro atoms. The first-order valence-electron chi connectivity index (χ1n) is 8.36. The molecule has 0 radical (unpaired) electrons. The predicted octanol–water partition coefficient (Wildman–Crippen LogP) is 3.92. The van der Waals surface area contributed by atoms with E-state index in [4.69, 9.17) is 0 Å². The average molecular weight is 414 g/mol. The van der Waals surface area contributed by atoms with Crippen LogP contribution in [0.3, 0.4) is 0 Å². The lowest BCUT2D eigenvalue weighted by Gasteiger charge is -2.19. The molecule has 0 heterocycles. The van der Waals surface area contributed by atoms with Crippen molar-refractivity contribution < 1.29 is 26.4 Å². The summed E-state index contributed by atoms with van der Waals surface area (Å²) in [5.41, 5.74) is 0.125. The van der Waals surface area contributed by atoms with Gasteiger partial charge in [0.25, 0.3) is 0 Å². The molecule has 0 fully saturated rings. The molecule has 28 heavy (non-hydrogen) atoms. The van der Waals surface area contributed by atoms with Crippen molar-refractivity contribution in [2.45, 2.75) is 37.3 Å². The van der Waals surface area contributed by atoms with Crippen LogP contribution in [0.2, 0.25) is 0 Å². The van der Waals surface area contributed by atoms with Crippen LogP contribution in [0.4, 0.5) is 18.9 Å². The fourth-order valence-electron chi connectivity index (χ4n) is 2.33. The number of halogens is 3. The van der Waals surface area contributed by atoms with Crippen LogP contribution in [-0.2, 0) is 26.4 Å². The van der Waals surface area contributed by atoms with Crippen LogP contribution in [-0.4, -0.2) is 20.9 Å². The lowest BCUT2D eigenvalue weighted by Crippen LogP contribution is -2.33. The summed E-state index contributed by atoms with van der Waals surface area (Å²) in [4.78, 5) is 11.9. The number of carbonyl (C=O) groups excluding carboxylic acids is 1. The van der Waals surface area contributed by atoms with Crippen LogP contribution in [0.5, 0.6) is 0 Å². The molecule has 0 unspecified atom stereocenters. The minimum Gasteiger partial charge on any atom is -0.325 e. The largest absolute Gasteiger partial charge is 0.416 e. The summed E-state index contributed by atoms with van der Waals surface area (Å²) >= 11 is 0. The van der Waals surface area contributed by atoms with Gasteiger partial charge in [-0.25, -0.2) is 13.1 Å². The summed E-state index contributed by atoms with van der Waals surface area (Å²) in [6, 6.07) is 10.2. The highest BCUT2D eigenvalue weighted by molar-refractivity contribution is 7.89. The van der Waals surface area contributed by atoms with Crippen LogP contribution in [0.25, 0.3) is 0 Å². The zero-order valence-corrected chi connectivity index (χ0v) is 16.4. The van der Waals surface area contributed by atoms with Gasteiger partial charge >= 0.3 is 6.18 Å². The molecule has 9 heteroatoms. The smallest absolute Gasteiger partial charge is 0.325 e. The van der Waals surface area contributed by atoms with Gasteiger partial charge in [0.2, 0.25) is 15.9 Å². The van der Waals surface area contributed by atoms with Crippen LogP contribution in [0.15, 0.2) is 53.4 Å². The van der Waals surface area contributed by atoms with Crippen molar-refractivity contribution in [3.63, 3.8) is 0 Å². The Balaban J connectivity index is 1.97. The number of carbonyl (C=O) groups is 1. The molecule has 0 saturated heterocycles. The monoisotopic (exact) mass is 414 g/mol. The van der Waals surface area contributed by atoms with Gasteiger partial charge in [-0.2, -0.15) is 13.2 Å². The minimum atomic E-state index is -4.47. The second-order valence-electron chi connectivity index (χ2n) is 7.22. The molecule has 0 atom stereocenters. The Morgan fingerprint density at radius 1 is 0.893 bits per heavy atom. The molecular formula is C19H21F3N2O3S. The van der Waals surface area contributed by atoms with Crippen molar-refractivity contribution in [2.24, 2.45) is 0 Å². The Morgan fingerprint density at radius 3 is 1.86 bits per heavy atom. The van der Waals surface area contributed by atoms with Gasteiger partial charge in [0.1, 0.15) is 0 Å². The van der Waals surface area contributed by atoms with Gasteiger partial charge in [0.05, 0.1) is 17.0 Å². The van der Waals surface area contributed by atoms with E-state index < -0.39 is 34.2 Å². The highest BCUT2D eigenvalue weighted by Gasteiger charge is 2.30. The van der Waals surface area contributed by atoms with E-state index in [1.54, 1.807) is 12.1 Å². The van der Waals surface area contributed by atoms with Crippen LogP contribution in [0, 0.1) is 0 Å². The topological polar surface area (TPSA) is 75.3 Å². The fraction of sp³-hybridized carbons (Fsp3) is 0.316. The maximum Gasteiger partial charge on any atom is 0.416 e. The molecule has 0 aliphatic heterocycles.